The second-order valence-electron chi connectivity index (χ2n) is 10.9. The molecular weight excluding hydrogens is 569 g/mol. The first-order valence-corrected chi connectivity index (χ1v) is 15.5. The van der Waals surface area contributed by atoms with E-state index in [1.165, 1.54) is 4.52 Å². The molecule has 0 radical (unpaired) electrons. The predicted molar refractivity (Wildman–Crippen MR) is 147 cm³/mol. The van der Waals surface area contributed by atoms with Crippen LogP contribution in [0.5, 0.6) is 0 Å². The van der Waals surface area contributed by atoms with Gasteiger partial charge in [-0.1, -0.05) is 32.4 Å². The molecule has 3 aliphatic rings. The molecule has 2 fully saturated rings. The van der Waals surface area contributed by atoms with E-state index >= 15 is 0 Å². The zero-order chi connectivity index (χ0) is 29.2. The largest absolute Gasteiger partial charge is 0.363 e. The molecule has 3 heterocycles. The van der Waals surface area contributed by atoms with Crippen molar-refractivity contribution in [1.29, 1.82) is 0 Å². The summed E-state index contributed by atoms with van der Waals surface area (Å²) in [5.74, 6) is 0.821. The summed E-state index contributed by atoms with van der Waals surface area (Å²) in [6.07, 6.45) is 5.74. The number of nitrogens with one attached hydrogen (secondary N) is 2. The minimum Gasteiger partial charge on any atom is -0.363 e. The normalized spacial score (nSPS) is 22.5. The fraction of sp³-hybridized carbons (Fsp3) is 0.462. The van der Waals surface area contributed by atoms with Crippen molar-refractivity contribution in [3.63, 3.8) is 0 Å². The van der Waals surface area contributed by atoms with Crippen LogP contribution in [0.1, 0.15) is 37.7 Å². The number of benzene rings is 1. The highest BCUT2D eigenvalue weighted by Gasteiger charge is 2.65. The van der Waals surface area contributed by atoms with Gasteiger partial charge in [0.25, 0.3) is 5.56 Å². The standard InChI is InChI=1S/C26H30F5N7O2S/c1-2-21-23(36-11-9-32-10-12-36)25(40)38-26(34-24(35-38)20-14-16-3-4-17(20)13-16)37(21)15-22(39)33-18-5-7-19(8-6-18)41(27,28,29,30)31/h5-8,14,16-17,32H,2-4,9-13,15H2,1H3,(H,33,39). The van der Waals surface area contributed by atoms with Gasteiger partial charge in [0, 0.05) is 31.9 Å². The van der Waals surface area contributed by atoms with E-state index in [4.69, 9.17) is 4.98 Å². The van der Waals surface area contributed by atoms with Crippen LogP contribution in [-0.4, -0.2) is 51.3 Å². The van der Waals surface area contributed by atoms with Crippen molar-refractivity contribution in [3.8, 4) is 0 Å². The average Bonchev–Trinajstić information content (AvgIpc) is 3.66. The molecule has 2 N–H and O–H groups in total. The molecule has 1 amide bonds. The van der Waals surface area contributed by atoms with Gasteiger partial charge in [0.1, 0.15) is 17.1 Å². The lowest BCUT2D eigenvalue weighted by molar-refractivity contribution is -0.116. The van der Waals surface area contributed by atoms with Crippen LogP contribution in [0.3, 0.4) is 0 Å². The van der Waals surface area contributed by atoms with E-state index in [0.29, 0.717) is 61.6 Å². The fourth-order valence-electron chi connectivity index (χ4n) is 6.18. The summed E-state index contributed by atoms with van der Waals surface area (Å²) < 4.78 is 68.4. The maximum atomic E-state index is 13.8. The Balaban J connectivity index is 1.39. The van der Waals surface area contributed by atoms with Crippen LogP contribution in [0.25, 0.3) is 11.4 Å². The Bertz CT molecular complexity index is 1630. The number of amides is 1. The van der Waals surface area contributed by atoms with Gasteiger partial charge < -0.3 is 20.1 Å². The molecule has 1 saturated heterocycles. The smallest absolute Gasteiger partial charge is 0.310 e. The fourth-order valence-corrected chi connectivity index (χ4v) is 6.83. The van der Waals surface area contributed by atoms with Gasteiger partial charge in [0.15, 0.2) is 5.82 Å². The van der Waals surface area contributed by atoms with Gasteiger partial charge in [0.2, 0.25) is 11.7 Å². The first-order chi connectivity index (χ1) is 19.2. The van der Waals surface area contributed by atoms with E-state index in [1.807, 2.05) is 11.8 Å². The molecule has 222 valence electrons. The average molecular weight is 600 g/mol. The molecule has 6 rings (SSSR count). The molecule has 2 bridgehead atoms. The van der Waals surface area contributed by atoms with Crippen LogP contribution in [0.15, 0.2) is 40.0 Å². The van der Waals surface area contributed by atoms with Crippen molar-refractivity contribution in [2.24, 2.45) is 11.8 Å². The topological polar surface area (TPSA) is 96.6 Å². The zero-order valence-corrected chi connectivity index (χ0v) is 23.1. The number of hydrogen-bond acceptors (Lipinski definition) is 6. The van der Waals surface area contributed by atoms with Gasteiger partial charge in [-0.3, -0.25) is 9.59 Å². The first-order valence-electron chi connectivity index (χ1n) is 13.6. The number of allylic oxidation sites excluding steroid dienone is 2. The highest BCUT2D eigenvalue weighted by atomic mass is 32.5. The van der Waals surface area contributed by atoms with Crippen LogP contribution < -0.4 is 21.1 Å². The molecule has 15 heteroatoms. The highest BCUT2D eigenvalue weighted by Crippen LogP contribution is 3.02. The van der Waals surface area contributed by atoms with Crippen LogP contribution >= 0.6 is 10.2 Å². The maximum absolute atomic E-state index is 13.8. The summed E-state index contributed by atoms with van der Waals surface area (Å²) in [5.41, 5.74) is 1.60. The molecule has 9 nitrogen and oxygen atoms in total. The molecule has 1 aromatic carbocycles. The van der Waals surface area contributed by atoms with Gasteiger partial charge in [-0.25, -0.2) is 0 Å². The molecule has 41 heavy (non-hydrogen) atoms. The second-order valence-corrected chi connectivity index (χ2v) is 13.3. The molecule has 3 aromatic rings. The third-order valence-electron chi connectivity index (χ3n) is 8.07. The second kappa shape index (κ2) is 9.02. The van der Waals surface area contributed by atoms with E-state index in [0.717, 1.165) is 37.0 Å². The number of carbonyl (C=O) groups excluding carboxylic acids is 1. The molecule has 2 aliphatic carbocycles. The monoisotopic (exact) mass is 599 g/mol. The van der Waals surface area contributed by atoms with E-state index in [2.05, 4.69) is 21.8 Å². The van der Waals surface area contributed by atoms with Crippen molar-refractivity contribution >= 4 is 38.9 Å². The third kappa shape index (κ3) is 5.20. The lowest BCUT2D eigenvalue weighted by atomic mass is 9.98. The summed E-state index contributed by atoms with van der Waals surface area (Å²) >= 11 is 0. The maximum Gasteiger partial charge on any atom is 0.310 e. The summed E-state index contributed by atoms with van der Waals surface area (Å²) in [7, 11) is -9.83. The van der Waals surface area contributed by atoms with Gasteiger partial charge in [0.05, 0.1) is 5.69 Å². The number of halogens is 5. The molecule has 2 aromatic heterocycles. The number of hydrogen-bond donors (Lipinski definition) is 2. The Labute approximate surface area is 232 Å². The Morgan fingerprint density at radius 2 is 1.80 bits per heavy atom. The van der Waals surface area contributed by atoms with Crippen molar-refractivity contribution in [1.82, 2.24) is 24.5 Å². The number of fused-ring (bicyclic) bond motifs is 3. The van der Waals surface area contributed by atoms with Crippen LogP contribution in [-0.2, 0) is 17.8 Å². The van der Waals surface area contributed by atoms with E-state index < -0.39 is 21.0 Å². The van der Waals surface area contributed by atoms with Gasteiger partial charge >= 0.3 is 10.2 Å². The van der Waals surface area contributed by atoms with Crippen LogP contribution in [0.2, 0.25) is 0 Å². The van der Waals surface area contributed by atoms with Gasteiger partial charge in [-0.2, -0.15) is 9.50 Å². The van der Waals surface area contributed by atoms with Gasteiger partial charge in [-0.15, -0.1) is 5.10 Å². The quantitative estimate of drug-likeness (QED) is 0.373. The number of piperazine rings is 1. The first kappa shape index (κ1) is 27.7. The van der Waals surface area contributed by atoms with Crippen molar-refractivity contribution in [2.75, 3.05) is 36.4 Å². The Hall–Kier alpha value is -3.46. The third-order valence-corrected chi connectivity index (χ3v) is 9.23. The number of rotatable bonds is 7. The lowest BCUT2D eigenvalue weighted by Crippen LogP contribution is -2.47. The summed E-state index contributed by atoms with van der Waals surface area (Å²) in [4.78, 5) is 31.6. The Morgan fingerprint density at radius 1 is 1.10 bits per heavy atom. The molecule has 0 spiro atoms. The molecular formula is C26H30F5N7O2S. The summed E-state index contributed by atoms with van der Waals surface area (Å²) in [6, 6.07) is 2.08. The molecule has 2 unspecified atom stereocenters. The minimum atomic E-state index is -9.83. The zero-order valence-electron chi connectivity index (χ0n) is 22.3. The lowest BCUT2D eigenvalue weighted by Gasteiger charge is -2.40. The van der Waals surface area contributed by atoms with E-state index in [9.17, 15) is 29.0 Å². The number of nitrogens with zero attached hydrogens (tertiary/aromatic N) is 5. The van der Waals surface area contributed by atoms with E-state index in [1.54, 1.807) is 4.57 Å². The van der Waals surface area contributed by atoms with Gasteiger partial charge in [-0.05, 0) is 67.4 Å². The van der Waals surface area contributed by atoms with Crippen LogP contribution in [0.4, 0.5) is 30.8 Å². The number of aromatic nitrogens is 4. The summed E-state index contributed by atoms with van der Waals surface area (Å²) in [5, 5.41) is 10.3. The van der Waals surface area contributed by atoms with Crippen molar-refractivity contribution in [2.45, 2.75) is 44.0 Å². The Kier molecular flexibility index (Phi) is 6.09. The predicted octanol–water partition coefficient (Wildman–Crippen LogP) is 4.97. The molecule has 1 aliphatic heterocycles. The Morgan fingerprint density at radius 3 is 2.39 bits per heavy atom. The number of carbonyl (C=O) groups is 1. The molecule has 2 atom stereocenters. The minimum absolute atomic E-state index is 0.0765. The summed E-state index contributed by atoms with van der Waals surface area (Å²) in [6.45, 7) is 4.05. The molecule has 1 saturated carbocycles. The van der Waals surface area contributed by atoms with Crippen molar-refractivity contribution < 1.29 is 24.2 Å². The highest BCUT2D eigenvalue weighted by molar-refractivity contribution is 8.45. The van der Waals surface area contributed by atoms with Crippen molar-refractivity contribution in [3.05, 3.63) is 52.2 Å². The van der Waals surface area contributed by atoms with Crippen LogP contribution in [0, 0.1) is 11.8 Å². The van der Waals surface area contributed by atoms with E-state index in [-0.39, 0.29) is 35.7 Å². The number of anilines is 2. The SMILES string of the molecule is CCc1c(N2CCNCC2)c(=O)n2nc(C3=CC4CCC3C4)nc2n1CC(=O)Nc1ccc(S(F)(F)(F)(F)F)cc1.